The molecule has 29 heavy (non-hydrogen) atoms. The first-order chi connectivity index (χ1) is 14.0. The summed E-state index contributed by atoms with van der Waals surface area (Å²) in [4.78, 5) is 25.1. The topological polar surface area (TPSA) is 78.8 Å². The Kier molecular flexibility index (Phi) is 5.87. The van der Waals surface area contributed by atoms with E-state index in [0.717, 1.165) is 11.3 Å². The molecular formula is C22H22N2O5. The van der Waals surface area contributed by atoms with Gasteiger partial charge in [-0.25, -0.2) is 4.79 Å². The van der Waals surface area contributed by atoms with Crippen LogP contribution in [0.5, 0.6) is 11.5 Å². The number of nitrogens with zero attached hydrogens (tertiary/aromatic N) is 1. The molecule has 0 spiro atoms. The minimum absolute atomic E-state index is 0.163. The predicted octanol–water partition coefficient (Wildman–Crippen LogP) is 3.84. The number of hydrogen-bond donors (Lipinski definition) is 1. The molecule has 0 aliphatic heterocycles. The summed E-state index contributed by atoms with van der Waals surface area (Å²) >= 11 is 0. The molecule has 0 saturated heterocycles. The van der Waals surface area contributed by atoms with Crippen molar-refractivity contribution >= 4 is 17.6 Å². The van der Waals surface area contributed by atoms with Crippen LogP contribution in [-0.2, 0) is 4.74 Å². The van der Waals surface area contributed by atoms with Crippen molar-refractivity contribution in [1.82, 2.24) is 4.57 Å². The number of aryl methyl sites for hydroxylation is 1. The summed E-state index contributed by atoms with van der Waals surface area (Å²) < 4.78 is 17.3. The Morgan fingerprint density at radius 3 is 2.21 bits per heavy atom. The maximum Gasteiger partial charge on any atom is 0.340 e. The number of ether oxygens (including phenoxy) is 3. The second-order valence-corrected chi connectivity index (χ2v) is 6.29. The monoisotopic (exact) mass is 394 g/mol. The third kappa shape index (κ3) is 4.08. The van der Waals surface area contributed by atoms with Gasteiger partial charge in [0.25, 0.3) is 5.91 Å². The number of esters is 1. The summed E-state index contributed by atoms with van der Waals surface area (Å²) in [6.45, 7) is 1.97. The molecular weight excluding hydrogens is 372 g/mol. The molecule has 7 heteroatoms. The minimum atomic E-state index is -0.599. The van der Waals surface area contributed by atoms with E-state index in [2.05, 4.69) is 5.32 Å². The second kappa shape index (κ2) is 8.52. The molecule has 3 aromatic rings. The first kappa shape index (κ1) is 20.0. The van der Waals surface area contributed by atoms with E-state index in [-0.39, 0.29) is 17.2 Å². The highest BCUT2D eigenvalue weighted by molar-refractivity contribution is 6.08. The lowest BCUT2D eigenvalue weighted by Gasteiger charge is -2.15. The van der Waals surface area contributed by atoms with Gasteiger partial charge in [-0.2, -0.15) is 0 Å². The number of anilines is 1. The molecule has 1 amide bonds. The first-order valence-corrected chi connectivity index (χ1v) is 8.88. The molecule has 0 atom stereocenters. The van der Waals surface area contributed by atoms with Crippen LogP contribution in [0.1, 0.15) is 26.3 Å². The summed E-state index contributed by atoms with van der Waals surface area (Å²) in [6, 6.07) is 12.2. The third-order valence-corrected chi connectivity index (χ3v) is 4.53. The molecule has 0 unspecified atom stereocenters. The molecule has 0 fully saturated rings. The number of carbonyl (C=O) groups is 2. The molecule has 0 saturated carbocycles. The third-order valence-electron chi connectivity index (χ3n) is 4.53. The number of methoxy groups -OCH3 is 3. The first-order valence-electron chi connectivity index (χ1n) is 8.88. The average molecular weight is 394 g/mol. The van der Waals surface area contributed by atoms with Crippen molar-refractivity contribution in [1.29, 1.82) is 0 Å². The summed E-state index contributed by atoms with van der Waals surface area (Å²) in [5.41, 5.74) is 2.80. The van der Waals surface area contributed by atoms with Crippen molar-refractivity contribution in [3.05, 3.63) is 71.5 Å². The quantitative estimate of drug-likeness (QED) is 0.643. The number of amides is 1. The number of aromatic nitrogens is 1. The summed E-state index contributed by atoms with van der Waals surface area (Å²) in [5, 5.41) is 2.78. The van der Waals surface area contributed by atoms with Crippen molar-refractivity contribution in [3.63, 3.8) is 0 Å². The molecule has 0 aliphatic carbocycles. The van der Waals surface area contributed by atoms with Crippen LogP contribution in [0.2, 0.25) is 0 Å². The van der Waals surface area contributed by atoms with Gasteiger partial charge in [-0.05, 0) is 36.8 Å². The lowest BCUT2D eigenvalue weighted by atomic mass is 10.1. The second-order valence-electron chi connectivity index (χ2n) is 6.29. The number of rotatable bonds is 6. The van der Waals surface area contributed by atoms with Crippen LogP contribution in [0.4, 0.5) is 5.69 Å². The van der Waals surface area contributed by atoms with Crippen molar-refractivity contribution in [2.75, 3.05) is 26.6 Å². The molecule has 3 rings (SSSR count). The smallest absolute Gasteiger partial charge is 0.340 e. The van der Waals surface area contributed by atoms with Gasteiger partial charge in [0.1, 0.15) is 0 Å². The van der Waals surface area contributed by atoms with Gasteiger partial charge in [-0.15, -0.1) is 0 Å². The summed E-state index contributed by atoms with van der Waals surface area (Å²) in [6.07, 6.45) is 3.82. The maximum atomic E-state index is 12.9. The molecule has 0 aliphatic rings. The molecule has 0 bridgehead atoms. The van der Waals surface area contributed by atoms with E-state index < -0.39 is 5.97 Å². The largest absolute Gasteiger partial charge is 0.493 e. The zero-order chi connectivity index (χ0) is 21.0. The SMILES string of the molecule is COC(=O)c1cc(OC)c(OC)cc1NC(=O)c1ccc(C)c(-n2cccc2)c1. The normalized spacial score (nSPS) is 10.3. The Labute approximate surface area is 168 Å². The lowest BCUT2D eigenvalue weighted by molar-refractivity contribution is 0.0601. The van der Waals surface area contributed by atoms with Gasteiger partial charge < -0.3 is 24.1 Å². The van der Waals surface area contributed by atoms with Crippen molar-refractivity contribution < 1.29 is 23.8 Å². The molecule has 1 N–H and O–H groups in total. The highest BCUT2D eigenvalue weighted by Gasteiger charge is 2.20. The van der Waals surface area contributed by atoms with E-state index in [4.69, 9.17) is 14.2 Å². The average Bonchev–Trinajstić information content (AvgIpc) is 3.27. The number of carbonyl (C=O) groups excluding carboxylic acids is 2. The predicted molar refractivity (Wildman–Crippen MR) is 109 cm³/mol. The Bertz CT molecular complexity index is 1040. The summed E-state index contributed by atoms with van der Waals surface area (Å²) in [7, 11) is 4.21. The van der Waals surface area contributed by atoms with Crippen molar-refractivity contribution in [2.45, 2.75) is 6.92 Å². The van der Waals surface area contributed by atoms with Gasteiger partial charge >= 0.3 is 5.97 Å². The van der Waals surface area contributed by atoms with Crippen LogP contribution < -0.4 is 14.8 Å². The van der Waals surface area contributed by atoms with Gasteiger partial charge in [0.2, 0.25) is 0 Å². The van der Waals surface area contributed by atoms with Crippen LogP contribution in [0, 0.1) is 6.92 Å². The Morgan fingerprint density at radius 2 is 1.59 bits per heavy atom. The van der Waals surface area contributed by atoms with Crippen LogP contribution in [0.15, 0.2) is 54.9 Å². The zero-order valence-corrected chi connectivity index (χ0v) is 16.7. The number of nitrogens with one attached hydrogen (secondary N) is 1. The van der Waals surface area contributed by atoms with E-state index in [0.29, 0.717) is 17.1 Å². The van der Waals surface area contributed by atoms with Crippen LogP contribution in [0.25, 0.3) is 5.69 Å². The molecule has 0 radical (unpaired) electrons. The van der Waals surface area contributed by atoms with Crippen LogP contribution >= 0.6 is 0 Å². The van der Waals surface area contributed by atoms with Crippen LogP contribution in [0.3, 0.4) is 0 Å². The maximum absolute atomic E-state index is 12.9. The number of benzene rings is 2. The molecule has 1 aromatic heterocycles. The minimum Gasteiger partial charge on any atom is -0.493 e. The van der Waals surface area contributed by atoms with Gasteiger partial charge in [0.15, 0.2) is 11.5 Å². The van der Waals surface area contributed by atoms with Crippen molar-refractivity contribution in [3.8, 4) is 17.2 Å². The van der Waals surface area contributed by atoms with E-state index in [1.165, 1.54) is 33.5 Å². The van der Waals surface area contributed by atoms with E-state index in [1.807, 2.05) is 42.1 Å². The van der Waals surface area contributed by atoms with E-state index >= 15 is 0 Å². The molecule has 150 valence electrons. The molecule has 2 aromatic carbocycles. The fourth-order valence-corrected chi connectivity index (χ4v) is 2.98. The highest BCUT2D eigenvalue weighted by atomic mass is 16.5. The van der Waals surface area contributed by atoms with E-state index in [9.17, 15) is 9.59 Å². The zero-order valence-electron chi connectivity index (χ0n) is 16.7. The standard InChI is InChI=1S/C22H22N2O5/c1-14-7-8-15(11-18(14)24-9-5-6-10-24)21(25)23-17-13-20(28-3)19(27-2)12-16(17)22(26)29-4/h5-13H,1-4H3,(H,23,25). The highest BCUT2D eigenvalue weighted by Crippen LogP contribution is 2.34. The fraction of sp³-hybridized carbons (Fsp3) is 0.182. The lowest BCUT2D eigenvalue weighted by Crippen LogP contribution is -2.16. The fourth-order valence-electron chi connectivity index (χ4n) is 2.98. The Hall–Kier alpha value is -3.74. The van der Waals surface area contributed by atoms with Gasteiger partial charge in [0, 0.05) is 35.8 Å². The van der Waals surface area contributed by atoms with E-state index in [1.54, 1.807) is 12.1 Å². The van der Waals surface area contributed by atoms with Crippen LogP contribution in [-0.4, -0.2) is 37.8 Å². The van der Waals surface area contributed by atoms with Gasteiger partial charge in [-0.1, -0.05) is 6.07 Å². The molecule has 7 nitrogen and oxygen atoms in total. The summed E-state index contributed by atoms with van der Waals surface area (Å²) in [5.74, 6) is -0.225. The van der Waals surface area contributed by atoms with Gasteiger partial charge in [0.05, 0.1) is 32.6 Å². The van der Waals surface area contributed by atoms with Crippen molar-refractivity contribution in [2.24, 2.45) is 0 Å². The Balaban J connectivity index is 1.98. The van der Waals surface area contributed by atoms with Gasteiger partial charge in [-0.3, -0.25) is 4.79 Å². The Morgan fingerprint density at radius 1 is 0.931 bits per heavy atom. The number of hydrogen-bond acceptors (Lipinski definition) is 5. The molecule has 1 heterocycles.